The molecule has 9 heteroatoms. The van der Waals surface area contributed by atoms with Crippen LogP contribution in [-0.4, -0.2) is 34.4 Å². The molecule has 1 unspecified atom stereocenters. The number of nitrogens with one attached hydrogen (secondary N) is 1. The Morgan fingerprint density at radius 1 is 1.25 bits per heavy atom. The first kappa shape index (κ1) is 21.8. The molecule has 0 radical (unpaired) electrons. The fraction of sp³-hybridized carbons (Fsp3) is 0.304. The van der Waals surface area contributed by atoms with E-state index in [2.05, 4.69) is 10.3 Å². The van der Waals surface area contributed by atoms with Crippen LogP contribution >= 0.6 is 0 Å². The van der Waals surface area contributed by atoms with E-state index in [-0.39, 0.29) is 34.5 Å². The molecule has 7 nitrogen and oxygen atoms in total. The van der Waals surface area contributed by atoms with Crippen molar-refractivity contribution < 1.29 is 23.2 Å². The second-order valence-electron chi connectivity index (χ2n) is 7.82. The second kappa shape index (κ2) is 8.58. The number of halogens is 2. The van der Waals surface area contributed by atoms with E-state index in [0.29, 0.717) is 25.0 Å². The molecule has 0 amide bonds. The monoisotopic (exact) mass is 441 g/mol. The number of carbonyl (C=O) groups excluding carboxylic acids is 1. The van der Waals surface area contributed by atoms with Crippen molar-refractivity contribution in [3.63, 3.8) is 0 Å². The molecule has 2 aromatic carbocycles. The van der Waals surface area contributed by atoms with Gasteiger partial charge in [-0.15, -0.1) is 0 Å². The van der Waals surface area contributed by atoms with Crippen LogP contribution in [0.1, 0.15) is 35.7 Å². The van der Waals surface area contributed by atoms with Crippen molar-refractivity contribution in [2.75, 3.05) is 11.9 Å². The molecular weight excluding hydrogens is 420 g/mol. The number of carbonyl (C=O) groups is 1. The smallest absolute Gasteiger partial charge is 0.334 e. The van der Waals surface area contributed by atoms with E-state index in [9.17, 15) is 14.9 Å². The van der Waals surface area contributed by atoms with Crippen molar-refractivity contribution in [2.24, 2.45) is 0 Å². The summed E-state index contributed by atoms with van der Waals surface area (Å²) in [4.78, 5) is 27.6. The zero-order valence-corrected chi connectivity index (χ0v) is 17.3. The van der Waals surface area contributed by atoms with Gasteiger partial charge in [-0.2, -0.15) is 8.78 Å². The van der Waals surface area contributed by atoms with Gasteiger partial charge in [-0.05, 0) is 31.9 Å². The van der Waals surface area contributed by atoms with Crippen LogP contribution in [0.2, 0.25) is 0 Å². The lowest BCUT2D eigenvalue weighted by Gasteiger charge is -2.29. The van der Waals surface area contributed by atoms with Crippen LogP contribution < -0.4 is 5.32 Å². The van der Waals surface area contributed by atoms with E-state index in [1.165, 1.54) is 30.3 Å². The van der Waals surface area contributed by atoms with Gasteiger partial charge < -0.3 is 10.1 Å². The van der Waals surface area contributed by atoms with Crippen LogP contribution in [0.25, 0.3) is 10.9 Å². The maximum Gasteiger partial charge on any atom is 0.334 e. The van der Waals surface area contributed by atoms with Crippen LogP contribution in [0, 0.1) is 10.1 Å². The molecule has 1 aliphatic rings. The number of fused-ring (bicyclic) bond motifs is 1. The number of ketones is 1. The molecule has 1 saturated heterocycles. The highest BCUT2D eigenvalue weighted by molar-refractivity contribution is 6.03. The fourth-order valence-electron chi connectivity index (χ4n) is 3.90. The Balaban J connectivity index is 1.79. The third-order valence-corrected chi connectivity index (χ3v) is 5.56. The minimum absolute atomic E-state index is 0.0307. The van der Waals surface area contributed by atoms with Crippen molar-refractivity contribution >= 4 is 28.1 Å². The summed E-state index contributed by atoms with van der Waals surface area (Å²) in [6.07, 6.45) is 2.31. The summed E-state index contributed by atoms with van der Waals surface area (Å²) in [5.41, 5.74) is -0.561. The molecule has 4 rings (SSSR count). The number of hydrogen-bond acceptors (Lipinski definition) is 6. The predicted octanol–water partition coefficient (Wildman–Crippen LogP) is 5.10. The second-order valence-corrected chi connectivity index (χ2v) is 7.82. The maximum atomic E-state index is 15.1. The molecule has 0 spiro atoms. The van der Waals surface area contributed by atoms with E-state index in [4.69, 9.17) is 4.74 Å². The van der Waals surface area contributed by atoms with Crippen molar-refractivity contribution in [2.45, 2.75) is 37.8 Å². The number of hydrogen-bond donors (Lipinski definition) is 1. The number of rotatable bonds is 6. The lowest BCUT2D eigenvalue weighted by Crippen LogP contribution is -2.32. The Morgan fingerprint density at radius 2 is 2.00 bits per heavy atom. The summed E-state index contributed by atoms with van der Waals surface area (Å²) in [6.45, 7) is 2.39. The summed E-state index contributed by atoms with van der Waals surface area (Å²) in [7, 11) is 0. The molecule has 0 bridgehead atoms. The minimum Gasteiger partial charge on any atom is -0.378 e. The molecule has 1 fully saturated rings. The molecule has 2 atom stereocenters. The Bertz CT molecular complexity index is 1170. The average molecular weight is 441 g/mol. The number of nitro groups is 1. The van der Waals surface area contributed by atoms with E-state index in [1.807, 2.05) is 6.92 Å². The molecule has 1 aromatic heterocycles. The lowest BCUT2D eigenvalue weighted by molar-refractivity contribution is -0.384. The van der Waals surface area contributed by atoms with Gasteiger partial charge in [0.2, 0.25) is 5.78 Å². The Morgan fingerprint density at radius 3 is 2.69 bits per heavy atom. The van der Waals surface area contributed by atoms with Crippen molar-refractivity contribution in [1.29, 1.82) is 0 Å². The van der Waals surface area contributed by atoms with Gasteiger partial charge >= 0.3 is 11.6 Å². The number of aromatic nitrogens is 1. The number of pyridine rings is 1. The van der Waals surface area contributed by atoms with Crippen LogP contribution in [0.4, 0.5) is 20.2 Å². The standard InChI is InChI=1S/C23H21F2N3O4/c1-14-11-17(9-10-32-14)27-21-18-12-16(7-8-19(18)26-13-20(21)28(30)31)23(24,25)22(29)15-5-3-2-4-6-15/h2-8,12-14,17H,9-11H2,1H3,(H,26,27)/t14-,17?/m1/s1. The summed E-state index contributed by atoms with van der Waals surface area (Å²) in [5, 5.41) is 15.0. The molecule has 1 aliphatic heterocycles. The summed E-state index contributed by atoms with van der Waals surface area (Å²) >= 11 is 0. The maximum absolute atomic E-state index is 15.1. The van der Waals surface area contributed by atoms with Gasteiger partial charge in [0.1, 0.15) is 11.9 Å². The van der Waals surface area contributed by atoms with E-state index in [0.717, 1.165) is 18.3 Å². The first-order valence-corrected chi connectivity index (χ1v) is 10.2. The quantitative estimate of drug-likeness (QED) is 0.325. The fourth-order valence-corrected chi connectivity index (χ4v) is 3.90. The van der Waals surface area contributed by atoms with Crippen LogP contribution in [-0.2, 0) is 10.7 Å². The normalized spacial score (nSPS) is 19.0. The molecule has 0 saturated carbocycles. The SMILES string of the molecule is C[C@@H]1CC(Nc2c([N+](=O)[O-])cnc3ccc(C(F)(F)C(=O)c4ccccc4)cc23)CCO1. The predicted molar refractivity (Wildman–Crippen MR) is 115 cm³/mol. The third-order valence-electron chi connectivity index (χ3n) is 5.56. The highest BCUT2D eigenvalue weighted by Crippen LogP contribution is 2.38. The molecule has 0 aliphatic carbocycles. The Kier molecular flexibility index (Phi) is 5.84. The highest BCUT2D eigenvalue weighted by Gasteiger charge is 2.41. The minimum atomic E-state index is -3.81. The van der Waals surface area contributed by atoms with E-state index in [1.54, 1.807) is 6.07 Å². The third kappa shape index (κ3) is 4.16. The topological polar surface area (TPSA) is 94.4 Å². The first-order valence-electron chi connectivity index (χ1n) is 10.2. The molecule has 32 heavy (non-hydrogen) atoms. The van der Waals surface area contributed by atoms with Gasteiger partial charge in [0.15, 0.2) is 0 Å². The summed E-state index contributed by atoms with van der Waals surface area (Å²) < 4.78 is 35.8. The first-order chi connectivity index (χ1) is 15.3. The van der Waals surface area contributed by atoms with Gasteiger partial charge in [-0.3, -0.25) is 14.9 Å². The largest absolute Gasteiger partial charge is 0.378 e. The molecule has 1 N–H and O–H groups in total. The zero-order chi connectivity index (χ0) is 22.9. The molecule has 2 heterocycles. The van der Waals surface area contributed by atoms with Gasteiger partial charge in [0.25, 0.3) is 0 Å². The number of benzene rings is 2. The number of alkyl halides is 2. The average Bonchev–Trinajstić information content (AvgIpc) is 2.78. The number of anilines is 1. The van der Waals surface area contributed by atoms with Crippen molar-refractivity contribution in [1.82, 2.24) is 4.98 Å². The van der Waals surface area contributed by atoms with E-state index >= 15 is 8.78 Å². The molecular formula is C23H21F2N3O4. The Labute approximate surface area is 182 Å². The van der Waals surface area contributed by atoms with Crippen molar-refractivity contribution in [3.8, 4) is 0 Å². The van der Waals surface area contributed by atoms with Crippen LogP contribution in [0.5, 0.6) is 0 Å². The van der Waals surface area contributed by atoms with Crippen molar-refractivity contribution in [3.05, 3.63) is 76.0 Å². The van der Waals surface area contributed by atoms with Crippen LogP contribution in [0.3, 0.4) is 0 Å². The number of ether oxygens (including phenoxy) is 1. The van der Waals surface area contributed by atoms with Gasteiger partial charge in [0, 0.05) is 29.2 Å². The summed E-state index contributed by atoms with van der Waals surface area (Å²) in [6, 6.07) is 10.7. The molecule has 3 aromatic rings. The van der Waals surface area contributed by atoms with Crippen LogP contribution in [0.15, 0.2) is 54.7 Å². The summed E-state index contributed by atoms with van der Waals surface area (Å²) in [5.74, 6) is -5.16. The molecule has 166 valence electrons. The van der Waals surface area contributed by atoms with Gasteiger partial charge in [-0.25, -0.2) is 4.98 Å². The Hall–Kier alpha value is -3.46. The van der Waals surface area contributed by atoms with E-state index < -0.39 is 22.2 Å². The zero-order valence-electron chi connectivity index (χ0n) is 17.3. The van der Waals surface area contributed by atoms with Gasteiger partial charge in [0.05, 0.1) is 16.5 Å². The lowest BCUT2D eigenvalue weighted by atomic mass is 9.96. The number of nitrogens with zero attached hydrogens (tertiary/aromatic N) is 2. The highest BCUT2D eigenvalue weighted by atomic mass is 19.3. The van der Waals surface area contributed by atoms with Gasteiger partial charge in [-0.1, -0.05) is 36.4 Å². The number of Topliss-reactive ketones (excluding diaryl/α,β-unsaturated/α-hetero) is 1.